The summed E-state index contributed by atoms with van der Waals surface area (Å²) in [7, 11) is 5.96. The Morgan fingerprint density at radius 3 is 2.67 bits per heavy atom. The fraction of sp³-hybridized carbons (Fsp3) is 0.357. The van der Waals surface area contributed by atoms with E-state index >= 15 is 0 Å². The summed E-state index contributed by atoms with van der Waals surface area (Å²) in [6.07, 6.45) is 3.78. The van der Waals surface area contributed by atoms with Crippen LogP contribution >= 0.6 is 0 Å². The lowest BCUT2D eigenvalue weighted by atomic mass is 10.00. The number of benzene rings is 1. The lowest BCUT2D eigenvalue weighted by molar-refractivity contribution is 0.282. The molecule has 1 aromatic heterocycles. The van der Waals surface area contributed by atoms with Gasteiger partial charge in [0.05, 0.1) is 12.8 Å². The van der Waals surface area contributed by atoms with Crippen LogP contribution in [0.15, 0.2) is 30.6 Å². The molecule has 1 heterocycles. The standard InChI is InChI=1S/C14H19N3O/c1-16(2)8-11-4-5-14(12(6-11)10-18)13-7-15-17(3)9-13/h4-7,9,18H,8,10H2,1-3H3. The van der Waals surface area contributed by atoms with Crippen LogP contribution in [-0.2, 0) is 20.2 Å². The van der Waals surface area contributed by atoms with Gasteiger partial charge in [-0.15, -0.1) is 0 Å². The van der Waals surface area contributed by atoms with Crippen molar-refractivity contribution in [2.75, 3.05) is 14.1 Å². The van der Waals surface area contributed by atoms with Crippen LogP contribution in [0.4, 0.5) is 0 Å². The highest BCUT2D eigenvalue weighted by Gasteiger charge is 2.08. The van der Waals surface area contributed by atoms with Crippen molar-refractivity contribution < 1.29 is 5.11 Å². The zero-order chi connectivity index (χ0) is 13.1. The highest BCUT2D eigenvalue weighted by molar-refractivity contribution is 5.66. The van der Waals surface area contributed by atoms with Crippen molar-refractivity contribution in [2.45, 2.75) is 13.2 Å². The topological polar surface area (TPSA) is 41.3 Å². The highest BCUT2D eigenvalue weighted by Crippen LogP contribution is 2.24. The second-order valence-electron chi connectivity index (χ2n) is 4.79. The normalized spacial score (nSPS) is 11.2. The molecule has 4 nitrogen and oxygen atoms in total. The van der Waals surface area contributed by atoms with Gasteiger partial charge >= 0.3 is 0 Å². The Morgan fingerprint density at radius 1 is 1.33 bits per heavy atom. The third kappa shape index (κ3) is 2.78. The fourth-order valence-corrected chi connectivity index (χ4v) is 2.08. The van der Waals surface area contributed by atoms with Gasteiger partial charge < -0.3 is 10.0 Å². The van der Waals surface area contributed by atoms with Gasteiger partial charge in [0.15, 0.2) is 0 Å². The Labute approximate surface area is 107 Å². The molecule has 0 aliphatic rings. The van der Waals surface area contributed by atoms with Crippen molar-refractivity contribution >= 4 is 0 Å². The number of hydrogen-bond acceptors (Lipinski definition) is 3. The minimum atomic E-state index is 0.0471. The summed E-state index contributed by atoms with van der Waals surface area (Å²) in [6.45, 7) is 0.922. The summed E-state index contributed by atoms with van der Waals surface area (Å²) in [5.74, 6) is 0. The molecule has 0 atom stereocenters. The lowest BCUT2D eigenvalue weighted by Crippen LogP contribution is -2.10. The number of aromatic nitrogens is 2. The van der Waals surface area contributed by atoms with Crippen molar-refractivity contribution in [1.82, 2.24) is 14.7 Å². The van der Waals surface area contributed by atoms with E-state index in [1.807, 2.05) is 33.5 Å². The van der Waals surface area contributed by atoms with Gasteiger partial charge in [-0.2, -0.15) is 5.10 Å². The number of hydrogen-bond donors (Lipinski definition) is 1. The minimum Gasteiger partial charge on any atom is -0.392 e. The molecular formula is C14H19N3O. The molecular weight excluding hydrogens is 226 g/mol. The molecule has 0 saturated heterocycles. The highest BCUT2D eigenvalue weighted by atomic mass is 16.3. The predicted octanol–water partition coefficient (Wildman–Crippen LogP) is 1.64. The van der Waals surface area contributed by atoms with E-state index < -0.39 is 0 Å². The molecule has 0 radical (unpaired) electrons. The predicted molar refractivity (Wildman–Crippen MR) is 72.0 cm³/mol. The van der Waals surface area contributed by atoms with E-state index in [4.69, 9.17) is 0 Å². The SMILES string of the molecule is CN(C)Cc1ccc(-c2cnn(C)c2)c(CO)c1. The van der Waals surface area contributed by atoms with Gasteiger partial charge in [-0.1, -0.05) is 18.2 Å². The van der Waals surface area contributed by atoms with Crippen molar-refractivity contribution in [3.8, 4) is 11.1 Å². The maximum absolute atomic E-state index is 9.50. The summed E-state index contributed by atoms with van der Waals surface area (Å²) in [6, 6.07) is 6.21. The summed E-state index contributed by atoms with van der Waals surface area (Å²) < 4.78 is 1.77. The molecule has 4 heteroatoms. The first-order valence-electron chi connectivity index (χ1n) is 5.96. The number of aliphatic hydroxyl groups excluding tert-OH is 1. The molecule has 0 amide bonds. The van der Waals surface area contributed by atoms with Gasteiger partial charge in [0.1, 0.15) is 0 Å². The van der Waals surface area contributed by atoms with Crippen LogP contribution in [0.3, 0.4) is 0 Å². The molecule has 0 aliphatic carbocycles. The fourth-order valence-electron chi connectivity index (χ4n) is 2.08. The molecule has 1 aromatic carbocycles. The number of aliphatic hydroxyl groups is 1. The zero-order valence-electron chi connectivity index (χ0n) is 11.1. The van der Waals surface area contributed by atoms with Crippen molar-refractivity contribution in [2.24, 2.45) is 7.05 Å². The third-order valence-corrected chi connectivity index (χ3v) is 2.85. The van der Waals surface area contributed by atoms with Gasteiger partial charge in [-0.3, -0.25) is 4.68 Å². The van der Waals surface area contributed by atoms with E-state index in [9.17, 15) is 5.11 Å². The Bertz CT molecular complexity index is 532. The number of aryl methyl sites for hydroxylation is 1. The van der Waals surface area contributed by atoms with Crippen molar-refractivity contribution in [3.63, 3.8) is 0 Å². The minimum absolute atomic E-state index is 0.0471. The summed E-state index contributed by atoms with van der Waals surface area (Å²) in [5, 5.41) is 13.7. The van der Waals surface area contributed by atoms with Gasteiger partial charge in [0.25, 0.3) is 0 Å². The van der Waals surface area contributed by atoms with E-state index in [1.165, 1.54) is 5.56 Å². The number of rotatable bonds is 4. The molecule has 0 aliphatic heterocycles. The van der Waals surface area contributed by atoms with Crippen molar-refractivity contribution in [1.29, 1.82) is 0 Å². The quantitative estimate of drug-likeness (QED) is 0.890. The van der Waals surface area contributed by atoms with Crippen LogP contribution in [0.5, 0.6) is 0 Å². The molecule has 0 spiro atoms. The first-order chi connectivity index (χ1) is 8.60. The van der Waals surface area contributed by atoms with E-state index in [0.717, 1.165) is 23.2 Å². The van der Waals surface area contributed by atoms with Gasteiger partial charge in [-0.25, -0.2) is 0 Å². The average molecular weight is 245 g/mol. The second-order valence-corrected chi connectivity index (χ2v) is 4.79. The van der Waals surface area contributed by atoms with Gasteiger partial charge in [-0.05, 0) is 30.8 Å². The largest absolute Gasteiger partial charge is 0.392 e. The molecule has 0 bridgehead atoms. The van der Waals surface area contributed by atoms with Crippen LogP contribution in [-0.4, -0.2) is 33.9 Å². The van der Waals surface area contributed by atoms with E-state index in [2.05, 4.69) is 28.2 Å². The van der Waals surface area contributed by atoms with Crippen LogP contribution in [0.2, 0.25) is 0 Å². The molecule has 0 fully saturated rings. The Balaban J connectivity index is 2.37. The molecule has 1 N–H and O–H groups in total. The van der Waals surface area contributed by atoms with Crippen LogP contribution < -0.4 is 0 Å². The average Bonchev–Trinajstić information content (AvgIpc) is 2.74. The Morgan fingerprint density at radius 2 is 2.11 bits per heavy atom. The Kier molecular flexibility index (Phi) is 3.79. The maximum atomic E-state index is 9.50. The molecule has 2 rings (SSSR count). The Hall–Kier alpha value is -1.65. The first kappa shape index (κ1) is 12.8. The summed E-state index contributed by atoms with van der Waals surface area (Å²) >= 11 is 0. The van der Waals surface area contributed by atoms with Crippen LogP contribution in [0.1, 0.15) is 11.1 Å². The van der Waals surface area contributed by atoms with Gasteiger partial charge in [0, 0.05) is 25.4 Å². The first-order valence-corrected chi connectivity index (χ1v) is 5.96. The number of nitrogens with zero attached hydrogens (tertiary/aromatic N) is 3. The molecule has 18 heavy (non-hydrogen) atoms. The monoisotopic (exact) mass is 245 g/mol. The maximum Gasteiger partial charge on any atom is 0.0688 e. The molecule has 0 unspecified atom stereocenters. The molecule has 96 valence electrons. The van der Waals surface area contributed by atoms with E-state index in [0.29, 0.717) is 0 Å². The third-order valence-electron chi connectivity index (χ3n) is 2.85. The van der Waals surface area contributed by atoms with E-state index in [-0.39, 0.29) is 6.61 Å². The summed E-state index contributed by atoms with van der Waals surface area (Å²) in [4.78, 5) is 2.11. The van der Waals surface area contributed by atoms with E-state index in [1.54, 1.807) is 4.68 Å². The lowest BCUT2D eigenvalue weighted by Gasteiger charge is -2.12. The van der Waals surface area contributed by atoms with Gasteiger partial charge in [0.2, 0.25) is 0 Å². The van der Waals surface area contributed by atoms with Crippen LogP contribution in [0.25, 0.3) is 11.1 Å². The smallest absolute Gasteiger partial charge is 0.0688 e. The van der Waals surface area contributed by atoms with Crippen LogP contribution in [0, 0.1) is 0 Å². The molecule has 0 saturated carbocycles. The zero-order valence-corrected chi connectivity index (χ0v) is 11.1. The molecule has 2 aromatic rings. The van der Waals surface area contributed by atoms with Crippen molar-refractivity contribution in [3.05, 3.63) is 41.7 Å². The summed E-state index contributed by atoms with van der Waals surface area (Å²) in [5.41, 5.74) is 4.24. The second kappa shape index (κ2) is 5.33.